The number of benzene rings is 2. The van der Waals surface area contributed by atoms with Crippen LogP contribution in [0.15, 0.2) is 42.5 Å². The summed E-state index contributed by atoms with van der Waals surface area (Å²) < 4.78 is 58.3. The highest BCUT2D eigenvalue weighted by Crippen LogP contribution is 2.30. The summed E-state index contributed by atoms with van der Waals surface area (Å²) in [5.41, 5.74) is 5.63. The summed E-state index contributed by atoms with van der Waals surface area (Å²) >= 11 is 0. The van der Waals surface area contributed by atoms with E-state index in [0.717, 1.165) is 6.07 Å². The quantitative estimate of drug-likeness (QED) is 0.561. The van der Waals surface area contributed by atoms with Gasteiger partial charge in [-0.1, -0.05) is 24.3 Å². The van der Waals surface area contributed by atoms with Gasteiger partial charge in [0.1, 0.15) is 41.3 Å². The molecule has 1 aromatic heterocycles. The van der Waals surface area contributed by atoms with Gasteiger partial charge in [-0.05, 0) is 18.2 Å². The van der Waals surface area contributed by atoms with E-state index in [-0.39, 0.29) is 34.5 Å². The number of alkyl halides is 3. The van der Waals surface area contributed by atoms with Crippen molar-refractivity contribution in [3.05, 3.63) is 65.0 Å². The molecule has 0 atom stereocenters. The van der Waals surface area contributed by atoms with Gasteiger partial charge in [0.05, 0.1) is 12.7 Å². The van der Waals surface area contributed by atoms with Gasteiger partial charge in [0.2, 0.25) is 0 Å². The summed E-state index contributed by atoms with van der Waals surface area (Å²) in [7, 11) is 1.42. The van der Waals surface area contributed by atoms with E-state index in [2.05, 4.69) is 10.4 Å². The number of hydrogen-bond acceptors (Lipinski definition) is 5. The first-order valence-electron chi connectivity index (χ1n) is 9.17. The van der Waals surface area contributed by atoms with Gasteiger partial charge in [0, 0.05) is 17.7 Å². The first-order valence-corrected chi connectivity index (χ1v) is 9.17. The summed E-state index contributed by atoms with van der Waals surface area (Å²) in [6.45, 7) is -1.64. The van der Waals surface area contributed by atoms with Gasteiger partial charge < -0.3 is 15.8 Å². The number of ether oxygens (including phenoxy) is 1. The number of halogens is 4. The van der Waals surface area contributed by atoms with E-state index in [1.54, 1.807) is 30.3 Å². The zero-order chi connectivity index (χ0) is 23.5. The maximum absolute atomic E-state index is 14.6. The van der Waals surface area contributed by atoms with Crippen LogP contribution in [0.4, 0.5) is 23.4 Å². The Morgan fingerprint density at radius 3 is 2.62 bits per heavy atom. The molecule has 1 heterocycles. The summed E-state index contributed by atoms with van der Waals surface area (Å²) in [5, 5.41) is 15.6. The van der Waals surface area contributed by atoms with Crippen molar-refractivity contribution in [1.82, 2.24) is 15.1 Å². The van der Waals surface area contributed by atoms with Crippen LogP contribution in [0.2, 0.25) is 0 Å². The molecule has 3 aromatic rings. The number of rotatable bonds is 6. The second kappa shape index (κ2) is 8.97. The fraction of sp³-hybridized carbons (Fsp3) is 0.190. The minimum absolute atomic E-state index is 0.0754. The minimum atomic E-state index is -4.60. The molecule has 0 unspecified atom stereocenters. The number of amides is 1. The Bertz CT molecular complexity index is 1200. The number of aromatic nitrogens is 2. The molecule has 0 bridgehead atoms. The molecule has 2 aromatic carbocycles. The third-order valence-corrected chi connectivity index (χ3v) is 4.55. The van der Waals surface area contributed by atoms with Crippen LogP contribution in [0.1, 0.15) is 21.5 Å². The van der Waals surface area contributed by atoms with Crippen molar-refractivity contribution < 1.29 is 27.1 Å². The molecule has 3 rings (SSSR count). The number of carbonyl (C=O) groups excluding carboxylic acids is 1. The summed E-state index contributed by atoms with van der Waals surface area (Å²) in [6.07, 6.45) is -4.60. The van der Waals surface area contributed by atoms with Crippen molar-refractivity contribution in [2.75, 3.05) is 12.8 Å². The van der Waals surface area contributed by atoms with Gasteiger partial charge in [-0.25, -0.2) is 9.07 Å². The Morgan fingerprint density at radius 1 is 1.28 bits per heavy atom. The van der Waals surface area contributed by atoms with Crippen LogP contribution >= 0.6 is 0 Å². The number of nitriles is 1. The fourth-order valence-corrected chi connectivity index (χ4v) is 3.02. The van der Waals surface area contributed by atoms with Crippen molar-refractivity contribution in [3.8, 4) is 23.1 Å². The van der Waals surface area contributed by atoms with E-state index in [4.69, 9.17) is 10.5 Å². The molecule has 0 aliphatic carbocycles. The minimum Gasteiger partial charge on any atom is -0.496 e. The Hall–Kier alpha value is -4.07. The number of nitrogens with zero attached hydrogens (tertiary/aromatic N) is 3. The van der Waals surface area contributed by atoms with Gasteiger partial charge in [-0.3, -0.25) is 4.79 Å². The number of nitrogen functional groups attached to an aromatic ring is 1. The van der Waals surface area contributed by atoms with Crippen LogP contribution in [0.25, 0.3) is 11.3 Å². The molecule has 0 radical (unpaired) electrons. The number of para-hydroxylation sites is 1. The van der Waals surface area contributed by atoms with Crippen LogP contribution < -0.4 is 15.8 Å². The fourth-order valence-electron chi connectivity index (χ4n) is 3.02. The normalized spacial score (nSPS) is 11.1. The number of nitrogens with two attached hydrogens (primary N) is 1. The third-order valence-electron chi connectivity index (χ3n) is 4.55. The van der Waals surface area contributed by atoms with Gasteiger partial charge in [-0.15, -0.1) is 0 Å². The highest BCUT2D eigenvalue weighted by atomic mass is 19.4. The number of hydrogen-bond donors (Lipinski definition) is 2. The molecule has 0 aliphatic rings. The number of methoxy groups -OCH3 is 1. The van der Waals surface area contributed by atoms with Crippen molar-refractivity contribution in [2.45, 2.75) is 19.3 Å². The van der Waals surface area contributed by atoms with E-state index >= 15 is 0 Å². The summed E-state index contributed by atoms with van der Waals surface area (Å²) in [5.74, 6) is -1.32. The Kier molecular flexibility index (Phi) is 6.34. The molecule has 3 N–H and O–H groups in total. The molecule has 0 aliphatic heterocycles. The van der Waals surface area contributed by atoms with Crippen LogP contribution in [-0.2, 0) is 13.1 Å². The summed E-state index contributed by atoms with van der Waals surface area (Å²) in [4.78, 5) is 12.4. The van der Waals surface area contributed by atoms with E-state index in [0.29, 0.717) is 10.4 Å². The first kappa shape index (κ1) is 22.6. The summed E-state index contributed by atoms with van der Waals surface area (Å²) in [6, 6.07) is 12.0. The van der Waals surface area contributed by atoms with Crippen LogP contribution in [0, 0.1) is 17.1 Å². The monoisotopic (exact) mass is 447 g/mol. The smallest absolute Gasteiger partial charge is 0.408 e. The topological polar surface area (TPSA) is 106 Å². The van der Waals surface area contributed by atoms with Gasteiger partial charge in [0.25, 0.3) is 5.91 Å². The maximum atomic E-state index is 14.6. The largest absolute Gasteiger partial charge is 0.496 e. The van der Waals surface area contributed by atoms with Gasteiger partial charge in [-0.2, -0.15) is 23.5 Å². The lowest BCUT2D eigenvalue weighted by atomic mass is 10.1. The van der Waals surface area contributed by atoms with Crippen LogP contribution in [0.5, 0.6) is 5.75 Å². The SMILES string of the molecule is COc1ccccc1C(=O)NCc1ccc(-c2nn(CC(F)(F)F)c(N)c2C#N)cc1F. The maximum Gasteiger partial charge on any atom is 0.408 e. The lowest BCUT2D eigenvalue weighted by Crippen LogP contribution is -2.23. The predicted octanol–water partition coefficient (Wildman–Crippen LogP) is 3.64. The second-order valence-electron chi connectivity index (χ2n) is 6.68. The van der Waals surface area contributed by atoms with Crippen molar-refractivity contribution in [2.24, 2.45) is 0 Å². The molecule has 32 heavy (non-hydrogen) atoms. The van der Waals surface area contributed by atoms with Crippen molar-refractivity contribution in [1.29, 1.82) is 5.26 Å². The molecule has 1 amide bonds. The third kappa shape index (κ3) is 4.80. The van der Waals surface area contributed by atoms with Crippen molar-refractivity contribution in [3.63, 3.8) is 0 Å². The van der Waals surface area contributed by atoms with Crippen LogP contribution in [0.3, 0.4) is 0 Å². The van der Waals surface area contributed by atoms with Gasteiger partial charge in [0.15, 0.2) is 0 Å². The average Bonchev–Trinajstić information content (AvgIpc) is 3.06. The number of nitrogens with one attached hydrogen (secondary N) is 1. The Balaban J connectivity index is 1.82. The van der Waals surface area contributed by atoms with E-state index in [1.165, 1.54) is 19.2 Å². The first-order chi connectivity index (χ1) is 15.1. The van der Waals surface area contributed by atoms with E-state index < -0.39 is 30.3 Å². The molecule has 166 valence electrons. The van der Waals surface area contributed by atoms with Gasteiger partial charge >= 0.3 is 6.18 Å². The highest BCUT2D eigenvalue weighted by Gasteiger charge is 2.31. The number of anilines is 1. The zero-order valence-corrected chi connectivity index (χ0v) is 16.7. The van der Waals surface area contributed by atoms with E-state index in [9.17, 15) is 27.6 Å². The molecule has 0 spiro atoms. The average molecular weight is 447 g/mol. The highest BCUT2D eigenvalue weighted by molar-refractivity contribution is 5.96. The predicted molar refractivity (Wildman–Crippen MR) is 107 cm³/mol. The van der Waals surface area contributed by atoms with Crippen molar-refractivity contribution >= 4 is 11.7 Å². The molecule has 0 saturated heterocycles. The number of carbonyl (C=O) groups is 1. The second-order valence-corrected chi connectivity index (χ2v) is 6.68. The van der Waals surface area contributed by atoms with E-state index in [1.807, 2.05) is 0 Å². The molecule has 11 heteroatoms. The lowest BCUT2D eigenvalue weighted by molar-refractivity contribution is -0.142. The molecule has 0 saturated carbocycles. The molecular formula is C21H17F4N5O2. The van der Waals surface area contributed by atoms with Crippen LogP contribution in [-0.4, -0.2) is 29.0 Å². The molecule has 7 nitrogen and oxygen atoms in total. The Labute approximate surface area is 180 Å². The Morgan fingerprint density at radius 2 is 2.00 bits per heavy atom. The molecular weight excluding hydrogens is 430 g/mol. The zero-order valence-electron chi connectivity index (χ0n) is 16.7. The lowest BCUT2D eigenvalue weighted by Gasteiger charge is -2.10. The molecule has 0 fully saturated rings. The standard InChI is InChI=1S/C21H17F4N5O2/c1-32-17-5-3-2-4-14(17)20(31)28-10-13-7-6-12(8-16(13)22)18-15(9-26)19(27)30(29-18)11-21(23,24)25/h2-8H,10-11,27H2,1H3,(H,28,31).